The Kier molecular flexibility index (Phi) is 11.8. The number of amides is 5. The molecule has 0 aliphatic rings. The minimum Gasteiger partial charge on any atom is -0.481 e. The van der Waals surface area contributed by atoms with Crippen molar-refractivity contribution in [1.82, 2.24) is 16.0 Å². The Labute approximate surface area is 176 Å². The van der Waals surface area contributed by atoms with Crippen molar-refractivity contribution in [3.05, 3.63) is 0 Å². The molecule has 174 valence electrons. The molecule has 0 aromatic heterocycles. The SMILES string of the molecule is NCC(=O)NC(CCC(=O)O)C(=O)NC(CC(N)=O)C(=O)NC(CCC(N)=O)C(=O)O. The number of nitrogens with one attached hydrogen (secondary N) is 3. The van der Waals surface area contributed by atoms with Crippen molar-refractivity contribution in [3.63, 3.8) is 0 Å². The van der Waals surface area contributed by atoms with Crippen molar-refractivity contribution >= 4 is 41.5 Å². The van der Waals surface area contributed by atoms with E-state index in [0.29, 0.717) is 0 Å². The van der Waals surface area contributed by atoms with Crippen molar-refractivity contribution in [3.8, 4) is 0 Å². The Hall–Kier alpha value is -3.75. The fourth-order valence-electron chi connectivity index (χ4n) is 2.29. The maximum absolute atomic E-state index is 12.5. The zero-order valence-corrected chi connectivity index (χ0v) is 16.5. The third-order valence-corrected chi connectivity index (χ3v) is 3.82. The standard InChI is InChI=1S/C16H26N6O9/c17-6-12(25)20-7(2-4-13(26)27)14(28)22-9(5-11(19)24)15(29)21-8(16(30)31)1-3-10(18)23/h7-9H,1-6,17H2,(H2,18,23)(H2,19,24)(H,20,25)(H,21,29)(H,22,28)(H,26,27)(H,30,31). The minimum absolute atomic E-state index is 0.346. The average molecular weight is 446 g/mol. The largest absolute Gasteiger partial charge is 0.481 e. The van der Waals surface area contributed by atoms with E-state index in [9.17, 15) is 33.6 Å². The van der Waals surface area contributed by atoms with Gasteiger partial charge in [-0.15, -0.1) is 0 Å². The lowest BCUT2D eigenvalue weighted by molar-refractivity contribution is -0.142. The Morgan fingerprint density at radius 3 is 1.68 bits per heavy atom. The van der Waals surface area contributed by atoms with Gasteiger partial charge in [-0.3, -0.25) is 28.8 Å². The van der Waals surface area contributed by atoms with Gasteiger partial charge >= 0.3 is 11.9 Å². The van der Waals surface area contributed by atoms with Crippen LogP contribution in [-0.4, -0.2) is 76.4 Å². The van der Waals surface area contributed by atoms with E-state index < -0.39 is 79.0 Å². The molecule has 3 unspecified atom stereocenters. The smallest absolute Gasteiger partial charge is 0.326 e. The lowest BCUT2D eigenvalue weighted by Gasteiger charge is -2.23. The van der Waals surface area contributed by atoms with E-state index in [-0.39, 0.29) is 19.3 Å². The summed E-state index contributed by atoms with van der Waals surface area (Å²) in [6.07, 6.45) is -2.29. The van der Waals surface area contributed by atoms with E-state index >= 15 is 0 Å². The first-order valence-electron chi connectivity index (χ1n) is 8.98. The molecular formula is C16H26N6O9. The quantitative estimate of drug-likeness (QED) is 0.119. The number of carbonyl (C=O) groups is 7. The summed E-state index contributed by atoms with van der Waals surface area (Å²) in [5, 5.41) is 24.3. The predicted octanol–water partition coefficient (Wildman–Crippen LogP) is -4.51. The van der Waals surface area contributed by atoms with Gasteiger partial charge in [0.25, 0.3) is 0 Å². The molecule has 0 heterocycles. The van der Waals surface area contributed by atoms with Crippen LogP contribution < -0.4 is 33.2 Å². The van der Waals surface area contributed by atoms with Gasteiger partial charge in [0.05, 0.1) is 13.0 Å². The second-order valence-corrected chi connectivity index (χ2v) is 6.39. The predicted molar refractivity (Wildman–Crippen MR) is 102 cm³/mol. The number of primary amides is 2. The first-order valence-corrected chi connectivity index (χ1v) is 8.98. The molecule has 0 rings (SSSR count). The second kappa shape index (κ2) is 13.5. The molecule has 0 aliphatic heterocycles. The summed E-state index contributed by atoms with van der Waals surface area (Å²) in [5.41, 5.74) is 15.2. The normalized spacial score (nSPS) is 13.2. The van der Waals surface area contributed by atoms with Gasteiger partial charge in [-0.2, -0.15) is 0 Å². The van der Waals surface area contributed by atoms with Gasteiger partial charge in [0.15, 0.2) is 0 Å². The molecular weight excluding hydrogens is 420 g/mol. The molecule has 0 aliphatic carbocycles. The summed E-state index contributed by atoms with van der Waals surface area (Å²) >= 11 is 0. The summed E-state index contributed by atoms with van der Waals surface area (Å²) in [4.78, 5) is 80.6. The zero-order valence-electron chi connectivity index (χ0n) is 16.5. The van der Waals surface area contributed by atoms with Crippen LogP contribution in [0.4, 0.5) is 0 Å². The molecule has 0 saturated carbocycles. The van der Waals surface area contributed by atoms with E-state index in [1.807, 2.05) is 0 Å². The van der Waals surface area contributed by atoms with Crippen LogP contribution in [0.3, 0.4) is 0 Å². The first kappa shape index (κ1) is 27.2. The van der Waals surface area contributed by atoms with Gasteiger partial charge in [0.1, 0.15) is 18.1 Å². The molecule has 0 saturated heterocycles. The zero-order chi connectivity index (χ0) is 24.1. The van der Waals surface area contributed by atoms with Crippen LogP contribution in [0.1, 0.15) is 32.1 Å². The molecule has 0 fully saturated rings. The Morgan fingerprint density at radius 2 is 1.23 bits per heavy atom. The fourth-order valence-corrected chi connectivity index (χ4v) is 2.29. The van der Waals surface area contributed by atoms with Crippen LogP contribution in [0.25, 0.3) is 0 Å². The van der Waals surface area contributed by atoms with E-state index in [2.05, 4.69) is 16.0 Å². The summed E-state index contributed by atoms with van der Waals surface area (Å²) in [6, 6.07) is -4.59. The number of hydrogen-bond donors (Lipinski definition) is 8. The lowest BCUT2D eigenvalue weighted by atomic mass is 10.1. The Morgan fingerprint density at radius 1 is 0.710 bits per heavy atom. The van der Waals surface area contributed by atoms with Crippen LogP contribution in [0.15, 0.2) is 0 Å². The van der Waals surface area contributed by atoms with Gasteiger partial charge in [-0.1, -0.05) is 0 Å². The van der Waals surface area contributed by atoms with E-state index in [1.54, 1.807) is 0 Å². The number of rotatable bonds is 15. The van der Waals surface area contributed by atoms with E-state index in [1.165, 1.54) is 0 Å². The van der Waals surface area contributed by atoms with Gasteiger partial charge in [0.2, 0.25) is 29.5 Å². The molecule has 0 radical (unpaired) electrons. The average Bonchev–Trinajstić information content (AvgIpc) is 2.66. The van der Waals surface area contributed by atoms with Gasteiger partial charge in [-0.25, -0.2) is 4.79 Å². The van der Waals surface area contributed by atoms with Crippen molar-refractivity contribution in [2.24, 2.45) is 17.2 Å². The van der Waals surface area contributed by atoms with Crippen LogP contribution in [0.5, 0.6) is 0 Å². The Balaban J connectivity index is 5.41. The van der Waals surface area contributed by atoms with E-state index in [0.717, 1.165) is 0 Å². The first-order chi connectivity index (χ1) is 14.4. The molecule has 3 atom stereocenters. The van der Waals surface area contributed by atoms with Crippen LogP contribution in [-0.2, 0) is 33.6 Å². The topological polar surface area (TPSA) is 274 Å². The third-order valence-electron chi connectivity index (χ3n) is 3.82. The molecule has 0 spiro atoms. The second-order valence-electron chi connectivity index (χ2n) is 6.39. The monoisotopic (exact) mass is 446 g/mol. The molecule has 15 nitrogen and oxygen atoms in total. The lowest BCUT2D eigenvalue weighted by Crippen LogP contribution is -2.57. The number of hydrogen-bond acceptors (Lipinski definition) is 8. The number of carboxylic acids is 2. The summed E-state index contributed by atoms with van der Waals surface area (Å²) in [7, 11) is 0. The summed E-state index contributed by atoms with van der Waals surface area (Å²) in [6.45, 7) is -0.498. The highest BCUT2D eigenvalue weighted by molar-refractivity contribution is 5.96. The van der Waals surface area contributed by atoms with Crippen LogP contribution >= 0.6 is 0 Å². The van der Waals surface area contributed by atoms with Crippen molar-refractivity contribution < 1.29 is 43.8 Å². The van der Waals surface area contributed by atoms with Gasteiger partial charge in [0, 0.05) is 12.8 Å². The molecule has 11 N–H and O–H groups in total. The molecule has 5 amide bonds. The van der Waals surface area contributed by atoms with Crippen LogP contribution in [0, 0.1) is 0 Å². The summed E-state index contributed by atoms with van der Waals surface area (Å²) in [5.74, 6) is -7.48. The molecule has 15 heteroatoms. The van der Waals surface area contributed by atoms with Crippen LogP contribution in [0.2, 0.25) is 0 Å². The third kappa shape index (κ3) is 11.7. The highest BCUT2D eigenvalue weighted by Gasteiger charge is 2.30. The van der Waals surface area contributed by atoms with Crippen molar-refractivity contribution in [2.45, 2.75) is 50.2 Å². The molecule has 0 aromatic rings. The van der Waals surface area contributed by atoms with Crippen molar-refractivity contribution in [1.29, 1.82) is 0 Å². The summed E-state index contributed by atoms with van der Waals surface area (Å²) < 4.78 is 0. The number of nitrogens with two attached hydrogens (primary N) is 3. The Bertz CT molecular complexity index is 726. The van der Waals surface area contributed by atoms with Gasteiger partial charge in [-0.05, 0) is 12.8 Å². The maximum Gasteiger partial charge on any atom is 0.326 e. The minimum atomic E-state index is -1.64. The number of carboxylic acid groups (broad SMARTS) is 2. The van der Waals surface area contributed by atoms with E-state index in [4.69, 9.17) is 27.4 Å². The van der Waals surface area contributed by atoms with Gasteiger partial charge < -0.3 is 43.4 Å². The molecule has 31 heavy (non-hydrogen) atoms. The highest BCUT2D eigenvalue weighted by Crippen LogP contribution is 2.03. The van der Waals surface area contributed by atoms with Crippen molar-refractivity contribution in [2.75, 3.05) is 6.54 Å². The maximum atomic E-state index is 12.5. The molecule has 0 bridgehead atoms. The highest BCUT2D eigenvalue weighted by atomic mass is 16.4. The number of aliphatic carboxylic acids is 2. The number of carbonyl (C=O) groups excluding carboxylic acids is 5. The fraction of sp³-hybridized carbons (Fsp3) is 0.562. The molecule has 0 aromatic carbocycles.